The third-order valence-electron chi connectivity index (χ3n) is 4.86. The van der Waals surface area contributed by atoms with Crippen molar-refractivity contribution in [2.45, 2.75) is 18.9 Å². The van der Waals surface area contributed by atoms with Gasteiger partial charge in [-0.05, 0) is 56.1 Å². The molecule has 0 amide bonds. The Morgan fingerprint density at radius 2 is 1.90 bits per heavy atom. The lowest BCUT2D eigenvalue weighted by Crippen LogP contribution is -2.53. The Morgan fingerprint density at radius 1 is 1.14 bits per heavy atom. The Morgan fingerprint density at radius 3 is 2.48 bits per heavy atom. The monoisotopic (exact) mass is 283 g/mol. The Kier molecular flexibility index (Phi) is 3.15. The molecule has 1 N–H and O–H groups in total. The lowest BCUT2D eigenvalue weighted by molar-refractivity contribution is 0.0975. The van der Waals surface area contributed by atoms with Crippen molar-refractivity contribution in [2.24, 2.45) is 13.0 Å². The van der Waals surface area contributed by atoms with Crippen LogP contribution in [-0.4, -0.2) is 45.3 Å². The molecule has 3 fully saturated rings. The molecule has 110 valence electrons. The van der Waals surface area contributed by atoms with Gasteiger partial charge in [0.2, 0.25) is 0 Å². The summed E-state index contributed by atoms with van der Waals surface area (Å²) in [7, 11) is 1.97. The van der Waals surface area contributed by atoms with E-state index in [4.69, 9.17) is 0 Å². The average Bonchev–Trinajstić information content (AvgIpc) is 2.95. The fourth-order valence-electron chi connectivity index (χ4n) is 3.60. The molecule has 3 saturated heterocycles. The van der Waals surface area contributed by atoms with E-state index in [-0.39, 0.29) is 0 Å². The third-order valence-corrected chi connectivity index (χ3v) is 4.86. The molecule has 2 bridgehead atoms. The van der Waals surface area contributed by atoms with Crippen molar-refractivity contribution < 1.29 is 0 Å². The van der Waals surface area contributed by atoms with Crippen LogP contribution in [0.5, 0.6) is 0 Å². The summed E-state index contributed by atoms with van der Waals surface area (Å²) < 4.78 is 1.94. The molecule has 1 aromatic heterocycles. The van der Waals surface area contributed by atoms with Crippen molar-refractivity contribution in [1.29, 1.82) is 0 Å². The number of fused-ring (bicyclic) bond motifs is 3. The van der Waals surface area contributed by atoms with Crippen LogP contribution < -0.4 is 5.32 Å². The van der Waals surface area contributed by atoms with Crippen LogP contribution in [-0.2, 0) is 7.05 Å². The highest BCUT2D eigenvalue weighted by Crippen LogP contribution is 2.30. The van der Waals surface area contributed by atoms with E-state index in [1.54, 1.807) is 6.33 Å². The molecule has 0 saturated carbocycles. The molecule has 2 aromatic rings. The van der Waals surface area contributed by atoms with E-state index in [0.717, 1.165) is 17.3 Å². The molecule has 21 heavy (non-hydrogen) atoms. The molecular formula is C16H21N5. The molecule has 0 aliphatic carbocycles. The quantitative estimate of drug-likeness (QED) is 0.936. The van der Waals surface area contributed by atoms with Gasteiger partial charge in [0.25, 0.3) is 0 Å². The molecule has 1 aromatic carbocycles. The van der Waals surface area contributed by atoms with Gasteiger partial charge in [0.15, 0.2) is 5.82 Å². The number of benzene rings is 1. The zero-order valence-electron chi connectivity index (χ0n) is 12.4. The van der Waals surface area contributed by atoms with Gasteiger partial charge in [-0.25, -0.2) is 0 Å². The van der Waals surface area contributed by atoms with E-state index in [2.05, 4.69) is 44.7 Å². The number of aromatic nitrogens is 3. The number of nitrogens with zero attached hydrogens (tertiary/aromatic N) is 4. The number of nitrogens with one attached hydrogen (secondary N) is 1. The van der Waals surface area contributed by atoms with Crippen molar-refractivity contribution in [3.05, 3.63) is 30.6 Å². The molecule has 5 heteroatoms. The lowest BCUT2D eigenvalue weighted by Gasteiger charge is -2.45. The first kappa shape index (κ1) is 12.8. The molecule has 3 aliphatic rings. The van der Waals surface area contributed by atoms with Crippen LogP contribution in [0.4, 0.5) is 5.69 Å². The fraction of sp³-hybridized carbons (Fsp3) is 0.500. The summed E-state index contributed by atoms with van der Waals surface area (Å²) in [4.78, 5) is 2.57. The number of aryl methyl sites for hydroxylation is 1. The van der Waals surface area contributed by atoms with E-state index in [9.17, 15) is 0 Å². The first-order chi connectivity index (χ1) is 10.3. The molecule has 4 heterocycles. The second kappa shape index (κ2) is 5.15. The van der Waals surface area contributed by atoms with Crippen LogP contribution in [0.3, 0.4) is 0 Å². The Balaban J connectivity index is 1.48. The minimum Gasteiger partial charge on any atom is -0.381 e. The van der Waals surface area contributed by atoms with Crippen LogP contribution in [0.2, 0.25) is 0 Å². The standard InChI is InChI=1S/C16H21N5/c1-20-11-17-19-16(20)13-2-4-14(5-3-13)18-15-10-21-8-6-12(15)7-9-21/h2-5,11-12,15,18H,6-10H2,1H3. The molecular weight excluding hydrogens is 262 g/mol. The van der Waals surface area contributed by atoms with Gasteiger partial charge < -0.3 is 14.8 Å². The smallest absolute Gasteiger partial charge is 0.163 e. The van der Waals surface area contributed by atoms with Gasteiger partial charge >= 0.3 is 0 Å². The first-order valence-electron chi connectivity index (χ1n) is 7.73. The summed E-state index contributed by atoms with van der Waals surface area (Å²) in [5.74, 6) is 1.75. The summed E-state index contributed by atoms with van der Waals surface area (Å²) in [5, 5.41) is 11.8. The number of piperidine rings is 3. The fourth-order valence-corrected chi connectivity index (χ4v) is 3.60. The molecule has 0 radical (unpaired) electrons. The molecule has 3 aliphatic heterocycles. The summed E-state index contributed by atoms with van der Waals surface area (Å²) in [6, 6.07) is 9.15. The molecule has 5 rings (SSSR count). The minimum atomic E-state index is 0.605. The normalized spacial score (nSPS) is 27.8. The van der Waals surface area contributed by atoms with Gasteiger partial charge in [-0.15, -0.1) is 10.2 Å². The van der Waals surface area contributed by atoms with Crippen molar-refractivity contribution in [3.63, 3.8) is 0 Å². The van der Waals surface area contributed by atoms with E-state index >= 15 is 0 Å². The maximum absolute atomic E-state index is 4.15. The average molecular weight is 283 g/mol. The number of hydrogen-bond donors (Lipinski definition) is 1. The maximum atomic E-state index is 4.15. The van der Waals surface area contributed by atoms with E-state index in [1.165, 1.54) is 38.2 Å². The largest absolute Gasteiger partial charge is 0.381 e. The topological polar surface area (TPSA) is 46.0 Å². The Bertz CT molecular complexity index is 610. The molecule has 5 nitrogen and oxygen atoms in total. The van der Waals surface area contributed by atoms with Crippen LogP contribution >= 0.6 is 0 Å². The predicted molar refractivity (Wildman–Crippen MR) is 83.0 cm³/mol. The summed E-state index contributed by atoms with van der Waals surface area (Å²) in [6.45, 7) is 3.76. The van der Waals surface area contributed by atoms with Gasteiger partial charge in [0.1, 0.15) is 6.33 Å². The third kappa shape index (κ3) is 2.42. The van der Waals surface area contributed by atoms with Gasteiger partial charge in [-0.3, -0.25) is 0 Å². The SMILES string of the molecule is Cn1cnnc1-c1ccc(NC2CN3CCC2CC3)cc1. The summed E-state index contributed by atoms with van der Waals surface area (Å²) in [6.07, 6.45) is 4.41. The second-order valence-electron chi connectivity index (χ2n) is 6.23. The van der Waals surface area contributed by atoms with Crippen molar-refractivity contribution in [1.82, 2.24) is 19.7 Å². The number of rotatable bonds is 3. The van der Waals surface area contributed by atoms with E-state index in [0.29, 0.717) is 6.04 Å². The van der Waals surface area contributed by atoms with Crippen molar-refractivity contribution >= 4 is 5.69 Å². The van der Waals surface area contributed by atoms with E-state index < -0.39 is 0 Å². The van der Waals surface area contributed by atoms with Gasteiger partial charge in [-0.1, -0.05) is 0 Å². The lowest BCUT2D eigenvalue weighted by atomic mass is 9.84. The zero-order chi connectivity index (χ0) is 14.2. The summed E-state index contributed by atoms with van der Waals surface area (Å²) >= 11 is 0. The Labute approximate surface area is 125 Å². The first-order valence-corrected chi connectivity index (χ1v) is 7.73. The second-order valence-corrected chi connectivity index (χ2v) is 6.23. The van der Waals surface area contributed by atoms with Gasteiger partial charge in [-0.2, -0.15) is 0 Å². The summed E-state index contributed by atoms with van der Waals surface area (Å²) in [5.41, 5.74) is 2.31. The van der Waals surface area contributed by atoms with Crippen LogP contribution in [0.1, 0.15) is 12.8 Å². The number of hydrogen-bond acceptors (Lipinski definition) is 4. The maximum Gasteiger partial charge on any atom is 0.163 e. The van der Waals surface area contributed by atoms with Gasteiger partial charge in [0.05, 0.1) is 0 Å². The highest BCUT2D eigenvalue weighted by molar-refractivity contribution is 5.60. The minimum absolute atomic E-state index is 0.605. The van der Waals surface area contributed by atoms with Crippen molar-refractivity contribution in [2.75, 3.05) is 25.0 Å². The highest BCUT2D eigenvalue weighted by atomic mass is 15.2. The van der Waals surface area contributed by atoms with Crippen LogP contribution in [0.25, 0.3) is 11.4 Å². The van der Waals surface area contributed by atoms with E-state index in [1.807, 2.05) is 11.6 Å². The Hall–Kier alpha value is -1.88. The highest BCUT2D eigenvalue weighted by Gasteiger charge is 2.33. The number of anilines is 1. The van der Waals surface area contributed by atoms with Crippen molar-refractivity contribution in [3.8, 4) is 11.4 Å². The molecule has 1 unspecified atom stereocenters. The predicted octanol–water partition coefficient (Wildman–Crippen LogP) is 1.99. The molecule has 1 atom stereocenters. The van der Waals surface area contributed by atoms with Crippen LogP contribution in [0, 0.1) is 5.92 Å². The molecule has 0 spiro atoms. The zero-order valence-corrected chi connectivity index (χ0v) is 12.4. The van der Waals surface area contributed by atoms with Gasteiger partial charge in [0, 0.05) is 30.9 Å². The van der Waals surface area contributed by atoms with Crippen LogP contribution in [0.15, 0.2) is 30.6 Å².